The standard InChI is InChI=1S/C19H21NO4/c1-4-23-19(22)15-9-6-10-16(11-15)24-12-17(21)20-18-13(2)7-5-8-14(18)3/h5-11H,4,12H2,1-3H3,(H,20,21). The molecule has 0 aliphatic rings. The molecule has 0 aromatic heterocycles. The zero-order valence-corrected chi connectivity index (χ0v) is 14.1. The predicted octanol–water partition coefficient (Wildman–Crippen LogP) is 3.50. The Bertz CT molecular complexity index is 720. The molecule has 24 heavy (non-hydrogen) atoms. The van der Waals surface area contributed by atoms with Gasteiger partial charge in [-0.15, -0.1) is 0 Å². The van der Waals surface area contributed by atoms with Crippen LogP contribution in [0.3, 0.4) is 0 Å². The van der Waals surface area contributed by atoms with Crippen molar-refractivity contribution in [3.63, 3.8) is 0 Å². The summed E-state index contributed by atoms with van der Waals surface area (Å²) in [5, 5.41) is 2.85. The van der Waals surface area contributed by atoms with E-state index in [9.17, 15) is 9.59 Å². The summed E-state index contributed by atoms with van der Waals surface area (Å²) in [5.41, 5.74) is 3.18. The lowest BCUT2D eigenvalue weighted by Gasteiger charge is -2.12. The van der Waals surface area contributed by atoms with Gasteiger partial charge < -0.3 is 14.8 Å². The van der Waals surface area contributed by atoms with Crippen LogP contribution in [0.4, 0.5) is 5.69 Å². The Balaban J connectivity index is 1.97. The average Bonchev–Trinajstić information content (AvgIpc) is 2.57. The maximum absolute atomic E-state index is 12.1. The van der Waals surface area contributed by atoms with Crippen LogP contribution in [0.5, 0.6) is 5.75 Å². The van der Waals surface area contributed by atoms with Crippen molar-refractivity contribution in [1.82, 2.24) is 0 Å². The van der Waals surface area contributed by atoms with Crippen molar-refractivity contribution in [2.24, 2.45) is 0 Å². The van der Waals surface area contributed by atoms with Crippen LogP contribution in [0.15, 0.2) is 42.5 Å². The Hall–Kier alpha value is -2.82. The highest BCUT2D eigenvalue weighted by Crippen LogP contribution is 2.19. The van der Waals surface area contributed by atoms with Gasteiger partial charge in [-0.3, -0.25) is 4.79 Å². The van der Waals surface area contributed by atoms with Gasteiger partial charge in [0.2, 0.25) is 0 Å². The van der Waals surface area contributed by atoms with Crippen LogP contribution in [-0.2, 0) is 9.53 Å². The van der Waals surface area contributed by atoms with E-state index in [4.69, 9.17) is 9.47 Å². The largest absolute Gasteiger partial charge is 0.484 e. The quantitative estimate of drug-likeness (QED) is 0.825. The molecule has 126 valence electrons. The van der Waals surface area contributed by atoms with E-state index in [2.05, 4.69) is 5.32 Å². The van der Waals surface area contributed by atoms with E-state index >= 15 is 0 Å². The third kappa shape index (κ3) is 4.59. The summed E-state index contributed by atoms with van der Waals surface area (Å²) in [4.78, 5) is 23.8. The van der Waals surface area contributed by atoms with Crippen LogP contribution in [0.2, 0.25) is 0 Å². The number of carbonyl (C=O) groups is 2. The molecule has 0 radical (unpaired) electrons. The van der Waals surface area contributed by atoms with E-state index in [-0.39, 0.29) is 12.5 Å². The molecule has 2 aromatic carbocycles. The fraction of sp³-hybridized carbons (Fsp3) is 0.263. The van der Waals surface area contributed by atoms with Crippen molar-refractivity contribution in [3.8, 4) is 5.75 Å². The van der Waals surface area contributed by atoms with E-state index < -0.39 is 5.97 Å². The molecule has 1 N–H and O–H groups in total. The van der Waals surface area contributed by atoms with Gasteiger partial charge in [0.15, 0.2) is 6.61 Å². The zero-order chi connectivity index (χ0) is 17.5. The van der Waals surface area contributed by atoms with Gasteiger partial charge >= 0.3 is 5.97 Å². The van der Waals surface area contributed by atoms with Crippen molar-refractivity contribution in [3.05, 3.63) is 59.2 Å². The van der Waals surface area contributed by atoms with E-state index in [1.165, 1.54) is 0 Å². The first-order valence-electron chi connectivity index (χ1n) is 7.77. The lowest BCUT2D eigenvalue weighted by molar-refractivity contribution is -0.118. The van der Waals surface area contributed by atoms with Gasteiger partial charge in [0.1, 0.15) is 5.75 Å². The minimum atomic E-state index is -0.414. The monoisotopic (exact) mass is 327 g/mol. The first-order chi connectivity index (χ1) is 11.5. The molecule has 0 atom stereocenters. The number of anilines is 1. The Labute approximate surface area is 141 Å². The average molecular weight is 327 g/mol. The Morgan fingerprint density at radius 3 is 2.38 bits per heavy atom. The Kier molecular flexibility index (Phi) is 5.95. The number of ether oxygens (including phenoxy) is 2. The second kappa shape index (κ2) is 8.15. The molecule has 2 aromatic rings. The summed E-state index contributed by atoms with van der Waals surface area (Å²) >= 11 is 0. The number of hydrogen-bond donors (Lipinski definition) is 1. The molecule has 1 amide bonds. The Morgan fingerprint density at radius 2 is 1.71 bits per heavy atom. The fourth-order valence-electron chi connectivity index (χ4n) is 2.26. The summed E-state index contributed by atoms with van der Waals surface area (Å²) in [5.74, 6) is -0.228. The number of amides is 1. The number of nitrogens with one attached hydrogen (secondary N) is 1. The molecule has 0 bridgehead atoms. The summed E-state index contributed by atoms with van der Waals surface area (Å²) in [6.45, 7) is 5.79. The van der Waals surface area contributed by atoms with Crippen LogP contribution < -0.4 is 10.1 Å². The molecular weight excluding hydrogens is 306 g/mol. The van der Waals surface area contributed by atoms with Crippen LogP contribution >= 0.6 is 0 Å². The number of carbonyl (C=O) groups excluding carboxylic acids is 2. The smallest absolute Gasteiger partial charge is 0.338 e. The molecule has 0 aliphatic carbocycles. The number of hydrogen-bond acceptors (Lipinski definition) is 4. The molecule has 0 saturated carbocycles. The third-order valence-electron chi connectivity index (χ3n) is 3.46. The maximum atomic E-state index is 12.1. The van der Waals surface area contributed by atoms with Gasteiger partial charge in [-0.25, -0.2) is 4.79 Å². The second-order valence-corrected chi connectivity index (χ2v) is 5.35. The lowest BCUT2D eigenvalue weighted by Crippen LogP contribution is -2.21. The van der Waals surface area contributed by atoms with Crippen molar-refractivity contribution in [1.29, 1.82) is 0 Å². The molecule has 0 fully saturated rings. The van der Waals surface area contributed by atoms with Gasteiger partial charge in [0.25, 0.3) is 5.91 Å². The summed E-state index contributed by atoms with van der Waals surface area (Å²) in [6, 6.07) is 12.4. The highest BCUT2D eigenvalue weighted by molar-refractivity contribution is 5.93. The second-order valence-electron chi connectivity index (χ2n) is 5.35. The molecule has 0 saturated heterocycles. The molecule has 5 heteroatoms. The van der Waals surface area contributed by atoms with Crippen LogP contribution in [0.1, 0.15) is 28.4 Å². The minimum absolute atomic E-state index is 0.139. The van der Waals surface area contributed by atoms with Gasteiger partial charge in [-0.2, -0.15) is 0 Å². The third-order valence-corrected chi connectivity index (χ3v) is 3.46. The molecule has 0 unspecified atom stereocenters. The molecular formula is C19H21NO4. The van der Waals surface area contributed by atoms with E-state index in [1.807, 2.05) is 32.0 Å². The zero-order valence-electron chi connectivity index (χ0n) is 14.1. The fourth-order valence-corrected chi connectivity index (χ4v) is 2.26. The van der Waals surface area contributed by atoms with Crippen LogP contribution in [0, 0.1) is 13.8 Å². The van der Waals surface area contributed by atoms with Crippen molar-refractivity contribution < 1.29 is 19.1 Å². The van der Waals surface area contributed by atoms with Crippen LogP contribution in [0.25, 0.3) is 0 Å². The molecule has 2 rings (SSSR count). The predicted molar refractivity (Wildman–Crippen MR) is 92.4 cm³/mol. The summed E-state index contributed by atoms with van der Waals surface area (Å²) in [7, 11) is 0. The number of benzene rings is 2. The highest BCUT2D eigenvalue weighted by atomic mass is 16.5. The maximum Gasteiger partial charge on any atom is 0.338 e. The van der Waals surface area contributed by atoms with E-state index in [0.717, 1.165) is 16.8 Å². The number of para-hydroxylation sites is 1. The normalized spacial score (nSPS) is 10.1. The molecule has 0 aliphatic heterocycles. The first-order valence-corrected chi connectivity index (χ1v) is 7.77. The highest BCUT2D eigenvalue weighted by Gasteiger charge is 2.10. The van der Waals surface area contributed by atoms with Crippen molar-refractivity contribution in [2.45, 2.75) is 20.8 Å². The first kappa shape index (κ1) is 17.5. The topological polar surface area (TPSA) is 64.6 Å². The SMILES string of the molecule is CCOC(=O)c1cccc(OCC(=O)Nc2c(C)cccc2C)c1. The van der Waals surface area contributed by atoms with Gasteiger partial charge in [-0.1, -0.05) is 24.3 Å². The summed E-state index contributed by atoms with van der Waals surface area (Å²) < 4.78 is 10.4. The minimum Gasteiger partial charge on any atom is -0.484 e. The van der Waals surface area contributed by atoms with Crippen molar-refractivity contribution in [2.75, 3.05) is 18.5 Å². The van der Waals surface area contributed by atoms with Gasteiger partial charge in [0, 0.05) is 5.69 Å². The van der Waals surface area contributed by atoms with E-state index in [0.29, 0.717) is 17.9 Å². The molecule has 0 spiro atoms. The van der Waals surface area contributed by atoms with Crippen molar-refractivity contribution >= 4 is 17.6 Å². The Morgan fingerprint density at radius 1 is 1.04 bits per heavy atom. The van der Waals surface area contributed by atoms with Gasteiger partial charge in [-0.05, 0) is 50.1 Å². The lowest BCUT2D eigenvalue weighted by atomic mass is 10.1. The number of aryl methyl sites for hydroxylation is 2. The molecule has 5 nitrogen and oxygen atoms in total. The number of esters is 1. The molecule has 0 heterocycles. The van der Waals surface area contributed by atoms with Crippen LogP contribution in [-0.4, -0.2) is 25.1 Å². The van der Waals surface area contributed by atoms with Gasteiger partial charge in [0.05, 0.1) is 12.2 Å². The van der Waals surface area contributed by atoms with E-state index in [1.54, 1.807) is 31.2 Å². The summed E-state index contributed by atoms with van der Waals surface area (Å²) in [6.07, 6.45) is 0. The number of rotatable bonds is 6.